The molecule has 0 aliphatic heterocycles. The maximum absolute atomic E-state index is 10.3. The highest BCUT2D eigenvalue weighted by Gasteiger charge is 1.97. The lowest BCUT2D eigenvalue weighted by molar-refractivity contribution is -0.119. The van der Waals surface area contributed by atoms with Crippen LogP contribution < -0.4 is 5.32 Å². The third-order valence-electron chi connectivity index (χ3n) is 1.04. The van der Waals surface area contributed by atoms with Gasteiger partial charge in [-0.15, -0.1) is 0 Å². The maximum Gasteiger partial charge on any atom is 0.216 e. The van der Waals surface area contributed by atoms with Gasteiger partial charge in [0.15, 0.2) is 0 Å². The highest BCUT2D eigenvalue weighted by Crippen LogP contribution is 1.82. The van der Waals surface area contributed by atoms with Crippen LogP contribution >= 0.6 is 0 Å². The third kappa shape index (κ3) is 5.30. The quantitative estimate of drug-likeness (QED) is 0.592. The molecule has 0 aromatic carbocycles. The van der Waals surface area contributed by atoms with Crippen molar-refractivity contribution in [3.63, 3.8) is 0 Å². The Morgan fingerprint density at radius 3 is 2.67 bits per heavy atom. The van der Waals surface area contributed by atoms with Crippen molar-refractivity contribution in [2.45, 2.75) is 20.0 Å². The van der Waals surface area contributed by atoms with Crippen LogP contribution in [0.15, 0.2) is 0 Å². The summed E-state index contributed by atoms with van der Waals surface area (Å²) in [6.07, 6.45) is 0.105. The molecule has 0 radical (unpaired) electrons. The van der Waals surface area contributed by atoms with Crippen LogP contribution in [0.5, 0.6) is 0 Å². The predicted molar refractivity (Wildman–Crippen MR) is 35.2 cm³/mol. The van der Waals surface area contributed by atoms with E-state index in [-0.39, 0.29) is 12.0 Å². The lowest BCUT2D eigenvalue weighted by atomic mass is 10.4. The van der Waals surface area contributed by atoms with Gasteiger partial charge in [-0.2, -0.15) is 0 Å². The highest BCUT2D eigenvalue weighted by molar-refractivity contribution is 5.72. The van der Waals surface area contributed by atoms with Crippen molar-refractivity contribution in [2.24, 2.45) is 0 Å². The smallest absolute Gasteiger partial charge is 0.216 e. The Bertz CT molecular complexity index is 93.1. The van der Waals surface area contributed by atoms with Gasteiger partial charge in [0.2, 0.25) is 5.91 Å². The summed E-state index contributed by atoms with van der Waals surface area (Å²) >= 11 is 0. The van der Waals surface area contributed by atoms with Crippen molar-refractivity contribution < 1.29 is 9.53 Å². The van der Waals surface area contributed by atoms with Crippen LogP contribution in [-0.2, 0) is 9.53 Å². The zero-order valence-electron chi connectivity index (χ0n) is 6.10. The molecule has 0 aromatic heterocycles. The van der Waals surface area contributed by atoms with E-state index >= 15 is 0 Å². The Kier molecular flexibility index (Phi) is 4.05. The molecule has 0 rings (SSSR count). The van der Waals surface area contributed by atoms with Gasteiger partial charge < -0.3 is 10.1 Å². The van der Waals surface area contributed by atoms with E-state index in [0.29, 0.717) is 6.54 Å². The molecule has 0 saturated carbocycles. The number of rotatable bonds is 3. The largest absolute Gasteiger partial charge is 0.380 e. The number of carbonyl (C=O) groups is 1. The Morgan fingerprint density at radius 1 is 1.78 bits per heavy atom. The van der Waals surface area contributed by atoms with E-state index in [9.17, 15) is 4.79 Å². The number of hydrogen-bond donors (Lipinski definition) is 1. The summed E-state index contributed by atoms with van der Waals surface area (Å²) in [6.45, 7) is 3.98. The van der Waals surface area contributed by atoms with Crippen LogP contribution in [0.4, 0.5) is 0 Å². The lowest BCUT2D eigenvalue weighted by Crippen LogP contribution is -2.29. The zero-order chi connectivity index (χ0) is 7.28. The summed E-state index contributed by atoms with van der Waals surface area (Å²) in [6, 6.07) is 0. The van der Waals surface area contributed by atoms with E-state index in [1.54, 1.807) is 7.11 Å². The van der Waals surface area contributed by atoms with E-state index in [1.165, 1.54) is 6.92 Å². The van der Waals surface area contributed by atoms with Crippen LogP contribution in [0.1, 0.15) is 13.8 Å². The molecule has 9 heavy (non-hydrogen) atoms. The van der Waals surface area contributed by atoms with Gasteiger partial charge in [0.25, 0.3) is 0 Å². The first-order chi connectivity index (χ1) is 4.16. The summed E-state index contributed by atoms with van der Waals surface area (Å²) in [5.41, 5.74) is 0. The molecular weight excluding hydrogens is 118 g/mol. The number of carbonyl (C=O) groups excluding carboxylic acids is 1. The predicted octanol–water partition coefficient (Wildman–Crippen LogP) is 0.157. The fourth-order valence-electron chi connectivity index (χ4n) is 0.371. The lowest BCUT2D eigenvalue weighted by Gasteiger charge is -2.08. The first-order valence-electron chi connectivity index (χ1n) is 2.94. The molecule has 54 valence electrons. The summed E-state index contributed by atoms with van der Waals surface area (Å²) in [5, 5.41) is 2.63. The first-order valence-corrected chi connectivity index (χ1v) is 2.94. The summed E-state index contributed by atoms with van der Waals surface area (Å²) in [5.74, 6) is -0.0149. The third-order valence-corrected chi connectivity index (χ3v) is 1.04. The topological polar surface area (TPSA) is 38.3 Å². The molecule has 0 saturated heterocycles. The second-order valence-electron chi connectivity index (χ2n) is 1.98. The van der Waals surface area contributed by atoms with Crippen LogP contribution in [0.2, 0.25) is 0 Å². The van der Waals surface area contributed by atoms with E-state index in [0.717, 1.165) is 0 Å². The first kappa shape index (κ1) is 8.43. The minimum Gasteiger partial charge on any atom is -0.380 e. The average molecular weight is 131 g/mol. The van der Waals surface area contributed by atoms with Crippen molar-refractivity contribution in [3.05, 3.63) is 0 Å². The molecule has 0 spiro atoms. The average Bonchev–Trinajstić information content (AvgIpc) is 1.83. The molecule has 0 aromatic rings. The standard InChI is InChI=1S/C6H13NO2/c1-5(9-3)4-7-6(2)8/h5H,4H2,1-3H3,(H,7,8)/t5-/m1/s1. The molecule has 1 N–H and O–H groups in total. The molecular formula is C6H13NO2. The number of nitrogens with one attached hydrogen (secondary N) is 1. The number of amides is 1. The van der Waals surface area contributed by atoms with Gasteiger partial charge >= 0.3 is 0 Å². The van der Waals surface area contributed by atoms with E-state index in [1.807, 2.05) is 6.92 Å². The SMILES string of the molecule is CO[C@H](C)CNC(C)=O. The van der Waals surface area contributed by atoms with Crippen LogP contribution in [0, 0.1) is 0 Å². The van der Waals surface area contributed by atoms with Crippen molar-refractivity contribution in [1.82, 2.24) is 5.32 Å². The minimum atomic E-state index is -0.0149. The fourth-order valence-corrected chi connectivity index (χ4v) is 0.371. The second kappa shape index (κ2) is 4.32. The van der Waals surface area contributed by atoms with Crippen molar-refractivity contribution in [1.29, 1.82) is 0 Å². The molecule has 3 nitrogen and oxygen atoms in total. The summed E-state index contributed by atoms with van der Waals surface area (Å²) < 4.78 is 4.89. The minimum absolute atomic E-state index is 0.0149. The van der Waals surface area contributed by atoms with Gasteiger partial charge in [-0.05, 0) is 6.92 Å². The molecule has 3 heteroatoms. The maximum atomic E-state index is 10.3. The molecule has 0 aliphatic rings. The Hall–Kier alpha value is -0.570. The van der Waals surface area contributed by atoms with Gasteiger partial charge in [0.1, 0.15) is 0 Å². The summed E-state index contributed by atoms with van der Waals surface area (Å²) in [7, 11) is 1.62. The molecule has 1 atom stereocenters. The van der Waals surface area contributed by atoms with E-state index in [4.69, 9.17) is 4.74 Å². The Morgan fingerprint density at radius 2 is 2.33 bits per heavy atom. The number of ether oxygens (including phenoxy) is 1. The molecule has 0 bridgehead atoms. The van der Waals surface area contributed by atoms with Crippen molar-refractivity contribution in [2.75, 3.05) is 13.7 Å². The van der Waals surface area contributed by atoms with Gasteiger partial charge in [0.05, 0.1) is 6.10 Å². The van der Waals surface area contributed by atoms with Crippen molar-refractivity contribution in [3.8, 4) is 0 Å². The molecule has 0 heterocycles. The normalized spacial score (nSPS) is 12.8. The monoisotopic (exact) mass is 131 g/mol. The van der Waals surface area contributed by atoms with Crippen LogP contribution in [0.25, 0.3) is 0 Å². The van der Waals surface area contributed by atoms with Gasteiger partial charge in [-0.25, -0.2) is 0 Å². The van der Waals surface area contributed by atoms with Crippen LogP contribution in [0.3, 0.4) is 0 Å². The van der Waals surface area contributed by atoms with Gasteiger partial charge in [-0.3, -0.25) is 4.79 Å². The summed E-state index contributed by atoms with van der Waals surface area (Å²) in [4.78, 5) is 10.3. The second-order valence-corrected chi connectivity index (χ2v) is 1.98. The molecule has 0 unspecified atom stereocenters. The number of methoxy groups -OCH3 is 1. The zero-order valence-corrected chi connectivity index (χ0v) is 6.10. The van der Waals surface area contributed by atoms with E-state index in [2.05, 4.69) is 5.32 Å². The molecule has 0 fully saturated rings. The van der Waals surface area contributed by atoms with Crippen molar-refractivity contribution >= 4 is 5.91 Å². The Labute approximate surface area is 55.4 Å². The van der Waals surface area contributed by atoms with Gasteiger partial charge in [-0.1, -0.05) is 0 Å². The number of hydrogen-bond acceptors (Lipinski definition) is 2. The highest BCUT2D eigenvalue weighted by atomic mass is 16.5. The molecule has 1 amide bonds. The fraction of sp³-hybridized carbons (Fsp3) is 0.833. The van der Waals surface area contributed by atoms with Gasteiger partial charge in [0, 0.05) is 20.6 Å². The Balaban J connectivity index is 3.16. The van der Waals surface area contributed by atoms with Crippen LogP contribution in [-0.4, -0.2) is 25.7 Å². The molecule has 0 aliphatic carbocycles. The van der Waals surface area contributed by atoms with E-state index < -0.39 is 0 Å².